The number of rotatable bonds is 2. The van der Waals surface area contributed by atoms with Crippen LogP contribution in [0.2, 0.25) is 10.0 Å². The van der Waals surface area contributed by atoms with Crippen LogP contribution in [0.4, 0.5) is 0 Å². The van der Waals surface area contributed by atoms with E-state index in [4.69, 9.17) is 23.2 Å². The van der Waals surface area contributed by atoms with Crippen molar-refractivity contribution in [2.24, 2.45) is 43.8 Å². The van der Waals surface area contributed by atoms with Gasteiger partial charge in [-0.05, 0) is 28.6 Å². The molecule has 5 heteroatoms. The minimum absolute atomic E-state index is 0. The zero-order valence-electron chi connectivity index (χ0n) is 31.6. The van der Waals surface area contributed by atoms with Gasteiger partial charge >= 0.3 is 120 Å². The molecule has 0 heterocycles. The molecule has 2 fully saturated rings. The third kappa shape index (κ3) is 5.90. The van der Waals surface area contributed by atoms with Crippen molar-refractivity contribution in [3.63, 3.8) is 0 Å². The van der Waals surface area contributed by atoms with Gasteiger partial charge in [0.15, 0.2) is 0 Å². The second kappa shape index (κ2) is 15.4. The molecule has 272 valence electrons. The van der Waals surface area contributed by atoms with E-state index < -0.39 is 0 Å². The molecule has 6 aliphatic carbocycles. The predicted octanol–water partition coefficient (Wildman–Crippen LogP) is 13.9. The second-order valence-corrected chi connectivity index (χ2v) is 18.2. The maximum Gasteiger partial charge on any atom is -0.109 e. The van der Waals surface area contributed by atoms with Crippen molar-refractivity contribution in [3.8, 4) is 0 Å². The van der Waals surface area contributed by atoms with E-state index in [0.29, 0.717) is 5.92 Å². The Balaban J connectivity index is 0.000000221. The van der Waals surface area contributed by atoms with Crippen LogP contribution in [0.1, 0.15) is 72.9 Å². The molecule has 0 aromatic heterocycles. The van der Waals surface area contributed by atoms with Crippen molar-refractivity contribution >= 4 is 51.2 Å². The zero-order chi connectivity index (χ0) is 36.2. The van der Waals surface area contributed by atoms with Crippen LogP contribution in [0.5, 0.6) is 0 Å². The molecule has 52 heavy (non-hydrogen) atoms. The standard InChI is InChI=1S/C29H37.C13H8Cl2.C5H5.2ClH.Zr/c1-21-14-13-15-22-20-27(6)25(4)18-10-9-16-23(25,2)24(3)17-11-12-19-26(24,5)29(27,8)28(21,22)7;14-12-5-1-10(2-6-12)9-11-3-7-13(15)8-4-11;1-2-4-5-3-1;;;/h9-20,22H,1-8H3;1-8H;1-3H,4H2;2*1H;/q-1;;-1;;;+2. The van der Waals surface area contributed by atoms with Gasteiger partial charge in [0.25, 0.3) is 0 Å². The summed E-state index contributed by atoms with van der Waals surface area (Å²) >= 11 is 13.1. The van der Waals surface area contributed by atoms with Gasteiger partial charge in [-0.15, -0.1) is 48.6 Å². The normalized spacial score (nSPS) is 37.8. The Hall–Kier alpha value is -1.73. The first-order valence-electron chi connectivity index (χ1n) is 17.8. The average molecular weight is 850 g/mol. The summed E-state index contributed by atoms with van der Waals surface area (Å²) in [6, 6.07) is 15.8. The van der Waals surface area contributed by atoms with Crippen molar-refractivity contribution < 1.29 is 24.2 Å². The largest absolute Gasteiger partial charge is 0.273 e. The Morgan fingerprint density at radius 3 is 1.58 bits per heavy atom. The fraction of sp³-hybridized carbons (Fsp3) is 0.362. The van der Waals surface area contributed by atoms with E-state index in [1.807, 2.05) is 60.7 Å². The van der Waals surface area contributed by atoms with Crippen LogP contribution in [0.25, 0.3) is 0 Å². The van der Waals surface area contributed by atoms with Crippen molar-refractivity contribution in [3.05, 3.63) is 173 Å². The molecule has 8 unspecified atom stereocenters. The predicted molar refractivity (Wildman–Crippen MR) is 226 cm³/mol. The van der Waals surface area contributed by atoms with Gasteiger partial charge in [-0.25, -0.2) is 12.2 Å². The Morgan fingerprint density at radius 1 is 0.673 bits per heavy atom. The van der Waals surface area contributed by atoms with Crippen LogP contribution >= 0.6 is 48.0 Å². The summed E-state index contributed by atoms with van der Waals surface area (Å²) in [5.74, 6) is 0.460. The number of allylic oxidation sites excluding steroid dienone is 16. The number of fused-ring (bicyclic) bond motifs is 8. The van der Waals surface area contributed by atoms with E-state index in [-0.39, 0.29) is 62.7 Å². The summed E-state index contributed by atoms with van der Waals surface area (Å²) in [4.78, 5) is 0. The molecule has 0 bridgehead atoms. The molecule has 0 aliphatic heterocycles. The van der Waals surface area contributed by atoms with Crippen molar-refractivity contribution in [2.45, 2.75) is 61.8 Å². The van der Waals surface area contributed by atoms with Crippen LogP contribution < -0.4 is 0 Å². The molecule has 8 rings (SSSR count). The smallest absolute Gasteiger partial charge is 0.109 e. The maximum absolute atomic E-state index is 5.86. The minimum Gasteiger partial charge on any atom is -0.273 e. The second-order valence-electron chi connectivity index (χ2n) is 16.1. The maximum atomic E-state index is 5.86. The minimum atomic E-state index is 0. The Bertz CT molecular complexity index is 1850. The molecule has 0 amide bonds. The van der Waals surface area contributed by atoms with Crippen molar-refractivity contribution in [2.75, 3.05) is 0 Å². The summed E-state index contributed by atoms with van der Waals surface area (Å²) in [5.41, 5.74) is 4.16. The third-order valence-electron chi connectivity index (χ3n) is 14.9. The SMILES string of the molecule is CC1=CC=CC2[CH-]C3(C)C4(C)C=CC=CC4(C)C4(C)C=CC=CC4(C)C3(C)C12C.Cl.Cl.Clc1ccc([C](=[Zr+2])c2ccc(Cl)cc2)cc1.[C-]1=CC=CC1. The van der Waals surface area contributed by atoms with Gasteiger partial charge in [-0.3, -0.25) is 6.08 Å². The van der Waals surface area contributed by atoms with Gasteiger partial charge in [-0.2, -0.15) is 6.08 Å². The first kappa shape index (κ1) is 43.0. The molecule has 0 radical (unpaired) electrons. The number of hydrogen-bond donors (Lipinski definition) is 0. The van der Waals surface area contributed by atoms with E-state index in [9.17, 15) is 0 Å². The van der Waals surface area contributed by atoms with Gasteiger partial charge in [0.1, 0.15) is 0 Å². The van der Waals surface area contributed by atoms with Gasteiger partial charge < -0.3 is 6.42 Å². The van der Waals surface area contributed by atoms with Crippen molar-refractivity contribution in [1.82, 2.24) is 0 Å². The van der Waals surface area contributed by atoms with Crippen LogP contribution in [0.15, 0.2) is 139 Å². The van der Waals surface area contributed by atoms with Gasteiger partial charge in [0, 0.05) is 10.8 Å². The van der Waals surface area contributed by atoms with E-state index in [1.165, 1.54) is 44.1 Å². The van der Waals surface area contributed by atoms with E-state index in [1.54, 1.807) is 0 Å². The summed E-state index contributed by atoms with van der Waals surface area (Å²) in [7, 11) is 0. The van der Waals surface area contributed by atoms with Crippen LogP contribution in [-0.4, -0.2) is 3.21 Å². The van der Waals surface area contributed by atoms with E-state index >= 15 is 0 Å². The van der Waals surface area contributed by atoms with Crippen LogP contribution in [0.3, 0.4) is 0 Å². The number of benzene rings is 2. The molecule has 0 nitrogen and oxygen atoms in total. The Kier molecular flexibility index (Phi) is 12.8. The molecular formula is C47H52Cl4Zr. The van der Waals surface area contributed by atoms with Crippen LogP contribution in [-0.2, 0) is 24.2 Å². The first-order chi connectivity index (χ1) is 23.6. The molecule has 6 aliphatic rings. The summed E-state index contributed by atoms with van der Waals surface area (Å²) in [5, 5.41) is 1.53. The van der Waals surface area contributed by atoms with Crippen molar-refractivity contribution in [1.29, 1.82) is 0 Å². The molecule has 0 spiro atoms. The number of halogens is 4. The summed E-state index contributed by atoms with van der Waals surface area (Å²) in [6.07, 6.45) is 39.3. The van der Waals surface area contributed by atoms with E-state index in [0.717, 1.165) is 16.5 Å². The number of hydrogen-bond acceptors (Lipinski definition) is 0. The summed E-state index contributed by atoms with van der Waals surface area (Å²) < 4.78 is 1.31. The van der Waals surface area contributed by atoms with Gasteiger partial charge in [0.05, 0.1) is 0 Å². The molecule has 2 saturated carbocycles. The molecule has 0 N–H and O–H groups in total. The fourth-order valence-corrected chi connectivity index (χ4v) is 12.1. The fourth-order valence-electron chi connectivity index (χ4n) is 11.0. The first-order valence-corrected chi connectivity index (χ1v) is 19.8. The quantitative estimate of drug-likeness (QED) is 0.264. The zero-order valence-corrected chi connectivity index (χ0v) is 37.2. The summed E-state index contributed by atoms with van der Waals surface area (Å²) in [6.45, 7) is 20.3. The third-order valence-corrected chi connectivity index (χ3v) is 16.8. The molecule has 8 atom stereocenters. The molecule has 2 aromatic carbocycles. The average Bonchev–Trinajstić information content (AvgIpc) is 3.75. The molecule has 0 saturated heterocycles. The Labute approximate surface area is 351 Å². The van der Waals surface area contributed by atoms with Gasteiger partial charge in [-0.1, -0.05) is 115 Å². The van der Waals surface area contributed by atoms with Crippen LogP contribution in [0, 0.1) is 56.3 Å². The van der Waals surface area contributed by atoms with E-state index in [2.05, 4.69) is 141 Å². The monoisotopic (exact) mass is 846 g/mol. The Morgan fingerprint density at radius 2 is 1.13 bits per heavy atom. The molecule has 2 aromatic rings. The topological polar surface area (TPSA) is 0 Å². The van der Waals surface area contributed by atoms with Gasteiger partial charge in [0.2, 0.25) is 0 Å². The molecular weight excluding hydrogens is 798 g/mol.